The summed E-state index contributed by atoms with van der Waals surface area (Å²) in [5.41, 5.74) is 5.73. The Morgan fingerprint density at radius 2 is 2.00 bits per heavy atom. The maximum absolute atomic E-state index is 5.67. The van der Waals surface area contributed by atoms with Crippen LogP contribution in [0.2, 0.25) is 0 Å². The molecule has 0 saturated heterocycles. The molecule has 1 aliphatic rings. The molecule has 1 heterocycles. The number of nitrogens with one attached hydrogen (secondary N) is 1. The van der Waals surface area contributed by atoms with Crippen LogP contribution < -0.4 is 15.8 Å². The number of nitrogens with two attached hydrogens (primary N) is 1. The molecule has 0 atom stereocenters. The first-order chi connectivity index (χ1) is 8.61. The molecule has 1 saturated carbocycles. The maximum atomic E-state index is 5.67. The lowest BCUT2D eigenvalue weighted by Gasteiger charge is -2.25. The van der Waals surface area contributed by atoms with Crippen LogP contribution in [-0.2, 0) is 0 Å². The molecule has 1 aromatic rings. The van der Waals surface area contributed by atoms with Gasteiger partial charge < -0.3 is 15.8 Å². The minimum absolute atomic E-state index is 0.0653. The third kappa shape index (κ3) is 3.21. The molecular formula is C12H21N5O. The topological polar surface area (TPSA) is 86.0 Å². The summed E-state index contributed by atoms with van der Waals surface area (Å²) in [6.45, 7) is 4.80. The van der Waals surface area contributed by atoms with Crippen molar-refractivity contribution < 1.29 is 4.74 Å². The summed E-state index contributed by atoms with van der Waals surface area (Å²) in [6.07, 6.45) is 5.64. The summed E-state index contributed by atoms with van der Waals surface area (Å²) in [5.74, 6) is 0.707. The fourth-order valence-corrected chi connectivity index (χ4v) is 2.24. The number of aromatic nitrogens is 3. The molecule has 6 heteroatoms. The van der Waals surface area contributed by atoms with E-state index in [1.54, 1.807) is 0 Å². The Morgan fingerprint density at radius 1 is 1.28 bits per heavy atom. The van der Waals surface area contributed by atoms with Gasteiger partial charge >= 0.3 is 6.01 Å². The van der Waals surface area contributed by atoms with Crippen LogP contribution in [0.25, 0.3) is 0 Å². The summed E-state index contributed by atoms with van der Waals surface area (Å²) >= 11 is 0. The van der Waals surface area contributed by atoms with E-state index in [4.69, 9.17) is 10.5 Å². The van der Waals surface area contributed by atoms with Gasteiger partial charge in [0.15, 0.2) is 0 Å². The average Bonchev–Trinajstić information content (AvgIpc) is 2.72. The van der Waals surface area contributed by atoms with Gasteiger partial charge in [-0.1, -0.05) is 19.8 Å². The van der Waals surface area contributed by atoms with Crippen LogP contribution >= 0.6 is 0 Å². The van der Waals surface area contributed by atoms with Crippen molar-refractivity contribution in [2.45, 2.75) is 51.5 Å². The molecule has 0 aromatic carbocycles. The van der Waals surface area contributed by atoms with E-state index in [1.165, 1.54) is 12.8 Å². The number of nitrogens with zero attached hydrogens (tertiary/aromatic N) is 3. The first-order valence-corrected chi connectivity index (χ1v) is 6.54. The van der Waals surface area contributed by atoms with E-state index < -0.39 is 0 Å². The van der Waals surface area contributed by atoms with E-state index in [1.807, 2.05) is 6.92 Å². The smallest absolute Gasteiger partial charge is 0.323 e. The van der Waals surface area contributed by atoms with Gasteiger partial charge in [-0.2, -0.15) is 15.0 Å². The van der Waals surface area contributed by atoms with E-state index in [0.717, 1.165) is 19.3 Å². The molecule has 3 N–H and O–H groups in total. The Balaban J connectivity index is 2.09. The molecule has 2 rings (SSSR count). The Hall–Kier alpha value is -1.59. The zero-order valence-corrected chi connectivity index (χ0v) is 11.1. The van der Waals surface area contributed by atoms with E-state index in [-0.39, 0.29) is 11.5 Å². The van der Waals surface area contributed by atoms with Crippen LogP contribution in [-0.4, -0.2) is 27.1 Å². The monoisotopic (exact) mass is 251 g/mol. The lowest BCUT2D eigenvalue weighted by Crippen LogP contribution is -2.32. The van der Waals surface area contributed by atoms with Crippen molar-refractivity contribution in [2.24, 2.45) is 0 Å². The Morgan fingerprint density at radius 3 is 2.67 bits per heavy atom. The third-order valence-electron chi connectivity index (χ3n) is 3.19. The second-order valence-electron chi connectivity index (χ2n) is 5.04. The third-order valence-corrected chi connectivity index (χ3v) is 3.19. The Kier molecular flexibility index (Phi) is 3.84. The van der Waals surface area contributed by atoms with Gasteiger partial charge in [0.1, 0.15) is 0 Å². The van der Waals surface area contributed by atoms with Crippen LogP contribution in [0.15, 0.2) is 0 Å². The number of ether oxygens (including phenoxy) is 1. The predicted molar refractivity (Wildman–Crippen MR) is 70.5 cm³/mol. The van der Waals surface area contributed by atoms with Gasteiger partial charge in [0, 0.05) is 5.54 Å². The summed E-state index contributed by atoms with van der Waals surface area (Å²) < 4.78 is 5.39. The molecule has 1 fully saturated rings. The Bertz CT molecular complexity index is 403. The van der Waals surface area contributed by atoms with Crippen LogP contribution in [0.3, 0.4) is 0 Å². The van der Waals surface area contributed by atoms with Crippen LogP contribution in [0.1, 0.15) is 46.0 Å². The molecule has 0 spiro atoms. The molecule has 0 bridgehead atoms. The average molecular weight is 251 g/mol. The van der Waals surface area contributed by atoms with E-state index in [2.05, 4.69) is 27.2 Å². The molecular weight excluding hydrogens is 230 g/mol. The van der Waals surface area contributed by atoms with Crippen molar-refractivity contribution >= 4 is 11.9 Å². The van der Waals surface area contributed by atoms with E-state index >= 15 is 0 Å². The zero-order chi connectivity index (χ0) is 13.0. The van der Waals surface area contributed by atoms with Gasteiger partial charge in [0.2, 0.25) is 11.9 Å². The first-order valence-electron chi connectivity index (χ1n) is 6.54. The maximum Gasteiger partial charge on any atom is 0.323 e. The van der Waals surface area contributed by atoms with Gasteiger partial charge in [-0.15, -0.1) is 0 Å². The molecule has 1 aromatic heterocycles. The zero-order valence-electron chi connectivity index (χ0n) is 11.1. The summed E-state index contributed by atoms with van der Waals surface area (Å²) in [7, 11) is 0. The molecule has 100 valence electrons. The quantitative estimate of drug-likeness (QED) is 0.832. The number of nitrogen functional groups attached to an aromatic ring is 1. The first kappa shape index (κ1) is 12.9. The second kappa shape index (κ2) is 5.37. The number of hydrogen-bond donors (Lipinski definition) is 2. The van der Waals surface area contributed by atoms with Gasteiger partial charge in [-0.25, -0.2) is 0 Å². The van der Waals surface area contributed by atoms with Gasteiger partial charge in [-0.3, -0.25) is 0 Å². The van der Waals surface area contributed by atoms with E-state index in [9.17, 15) is 0 Å². The lowest BCUT2D eigenvalue weighted by atomic mass is 10.0. The van der Waals surface area contributed by atoms with Crippen LogP contribution in [0, 0.1) is 0 Å². The van der Waals surface area contributed by atoms with Crippen molar-refractivity contribution in [3.8, 4) is 6.01 Å². The highest BCUT2D eigenvalue weighted by atomic mass is 16.5. The fourth-order valence-electron chi connectivity index (χ4n) is 2.24. The standard InChI is InChI=1S/C12H21N5O/c1-3-8-18-11-15-9(13)14-10(16-11)17-12(2)6-4-5-7-12/h3-8H2,1-2H3,(H3,13,14,15,16,17). The van der Waals surface area contributed by atoms with Crippen molar-refractivity contribution in [2.75, 3.05) is 17.7 Å². The molecule has 18 heavy (non-hydrogen) atoms. The highest BCUT2D eigenvalue weighted by Gasteiger charge is 2.29. The highest BCUT2D eigenvalue weighted by molar-refractivity contribution is 5.35. The van der Waals surface area contributed by atoms with Crippen molar-refractivity contribution in [1.29, 1.82) is 0 Å². The van der Waals surface area contributed by atoms with Gasteiger partial charge in [0.05, 0.1) is 6.61 Å². The minimum atomic E-state index is 0.0653. The van der Waals surface area contributed by atoms with Crippen LogP contribution in [0.5, 0.6) is 6.01 Å². The summed E-state index contributed by atoms with van der Waals surface area (Å²) in [4.78, 5) is 12.3. The fraction of sp³-hybridized carbons (Fsp3) is 0.750. The molecule has 0 aliphatic heterocycles. The molecule has 0 unspecified atom stereocenters. The SMILES string of the molecule is CCCOc1nc(N)nc(NC2(C)CCCC2)n1. The lowest BCUT2D eigenvalue weighted by molar-refractivity contribution is 0.292. The number of rotatable bonds is 5. The second-order valence-corrected chi connectivity index (χ2v) is 5.04. The highest BCUT2D eigenvalue weighted by Crippen LogP contribution is 2.31. The van der Waals surface area contributed by atoms with Gasteiger partial charge in [0.25, 0.3) is 0 Å². The number of hydrogen-bond acceptors (Lipinski definition) is 6. The molecule has 6 nitrogen and oxygen atoms in total. The van der Waals surface area contributed by atoms with Crippen molar-refractivity contribution in [3.63, 3.8) is 0 Å². The van der Waals surface area contributed by atoms with Crippen molar-refractivity contribution in [3.05, 3.63) is 0 Å². The summed E-state index contributed by atoms with van der Waals surface area (Å²) in [6, 6.07) is 0.299. The molecule has 1 aliphatic carbocycles. The predicted octanol–water partition coefficient (Wildman–Crippen LogP) is 1.99. The summed E-state index contributed by atoms with van der Waals surface area (Å²) in [5, 5.41) is 3.35. The van der Waals surface area contributed by atoms with Gasteiger partial charge in [-0.05, 0) is 26.2 Å². The van der Waals surface area contributed by atoms with Crippen LogP contribution in [0.4, 0.5) is 11.9 Å². The van der Waals surface area contributed by atoms with Crippen molar-refractivity contribution in [1.82, 2.24) is 15.0 Å². The van der Waals surface area contributed by atoms with E-state index in [0.29, 0.717) is 18.6 Å². The molecule has 0 amide bonds. The largest absolute Gasteiger partial charge is 0.463 e. The minimum Gasteiger partial charge on any atom is -0.463 e. The Labute approximate surface area is 107 Å². The molecule has 0 radical (unpaired) electrons. The number of anilines is 2. The normalized spacial score (nSPS) is 17.7.